The predicted molar refractivity (Wildman–Crippen MR) is 81.6 cm³/mol. The zero-order valence-electron chi connectivity index (χ0n) is 11.6. The van der Waals surface area contributed by atoms with E-state index in [1.807, 2.05) is 55.5 Å². The maximum atomic E-state index is 11.4. The number of rotatable bonds is 5. The first kappa shape index (κ1) is 13.9. The molecule has 2 aromatic carbocycles. The van der Waals surface area contributed by atoms with Crippen LogP contribution in [0.15, 0.2) is 48.5 Å². The molecular weight excluding hydrogens is 252 g/mol. The van der Waals surface area contributed by atoms with Gasteiger partial charge in [0.1, 0.15) is 5.75 Å². The summed E-state index contributed by atoms with van der Waals surface area (Å²) in [4.78, 5) is 11.4. The Hall–Kier alpha value is -2.49. The van der Waals surface area contributed by atoms with Gasteiger partial charge in [-0.15, -0.1) is 0 Å². The average molecular weight is 270 g/mol. The Morgan fingerprint density at radius 2 is 1.85 bits per heavy atom. The molecule has 0 saturated carbocycles. The summed E-state index contributed by atoms with van der Waals surface area (Å²) in [6, 6.07) is 15.5. The van der Waals surface area contributed by atoms with Crippen LogP contribution in [0.3, 0.4) is 0 Å². The molecule has 0 fully saturated rings. The molecule has 0 unspecified atom stereocenters. The van der Waals surface area contributed by atoms with Gasteiger partial charge in [-0.2, -0.15) is 0 Å². The van der Waals surface area contributed by atoms with E-state index in [4.69, 9.17) is 4.74 Å². The normalized spacial score (nSPS) is 9.90. The van der Waals surface area contributed by atoms with Gasteiger partial charge in [-0.1, -0.05) is 25.1 Å². The highest BCUT2D eigenvalue weighted by Crippen LogP contribution is 2.29. The number of benzene rings is 2. The lowest BCUT2D eigenvalue weighted by atomic mass is 10.2. The molecule has 0 aliphatic carbocycles. The van der Waals surface area contributed by atoms with Crippen LogP contribution in [0, 0.1) is 0 Å². The van der Waals surface area contributed by atoms with Gasteiger partial charge in [-0.3, -0.25) is 4.79 Å². The second-order valence-electron chi connectivity index (χ2n) is 4.31. The number of para-hydroxylation sites is 1. The van der Waals surface area contributed by atoms with Crippen molar-refractivity contribution in [3.8, 4) is 5.75 Å². The molecule has 0 saturated heterocycles. The van der Waals surface area contributed by atoms with Crippen LogP contribution in [-0.2, 0) is 4.79 Å². The molecule has 0 aliphatic heterocycles. The summed E-state index contributed by atoms with van der Waals surface area (Å²) in [5.74, 6) is 0.597. The highest BCUT2D eigenvalue weighted by molar-refractivity contribution is 5.92. The van der Waals surface area contributed by atoms with Crippen molar-refractivity contribution in [2.45, 2.75) is 13.3 Å². The highest BCUT2D eigenvalue weighted by Gasteiger charge is 2.07. The molecule has 0 atom stereocenters. The molecule has 2 rings (SSSR count). The number of hydrogen-bond acceptors (Lipinski definition) is 3. The molecule has 2 aromatic rings. The van der Waals surface area contributed by atoms with Crippen molar-refractivity contribution in [2.24, 2.45) is 0 Å². The number of anilines is 3. The molecule has 104 valence electrons. The van der Waals surface area contributed by atoms with E-state index < -0.39 is 0 Å². The van der Waals surface area contributed by atoms with Crippen molar-refractivity contribution in [1.29, 1.82) is 0 Å². The summed E-state index contributed by atoms with van der Waals surface area (Å²) < 4.78 is 5.31. The largest absolute Gasteiger partial charge is 0.494 e. The fourth-order valence-corrected chi connectivity index (χ4v) is 1.80. The molecule has 0 radical (unpaired) electrons. The Balaban J connectivity index is 2.18. The maximum absolute atomic E-state index is 11.4. The minimum Gasteiger partial charge on any atom is -0.494 e. The number of carbonyl (C=O) groups is 1. The van der Waals surface area contributed by atoms with Gasteiger partial charge in [0.2, 0.25) is 5.91 Å². The highest BCUT2D eigenvalue weighted by atomic mass is 16.5. The van der Waals surface area contributed by atoms with Gasteiger partial charge >= 0.3 is 0 Å². The molecule has 0 heterocycles. The van der Waals surface area contributed by atoms with Gasteiger partial charge in [-0.05, 0) is 24.3 Å². The zero-order valence-corrected chi connectivity index (χ0v) is 11.6. The number of carbonyl (C=O) groups excluding carboxylic acids is 1. The summed E-state index contributed by atoms with van der Waals surface area (Å²) in [6.07, 6.45) is 0.438. The van der Waals surface area contributed by atoms with Crippen LogP contribution in [0.25, 0.3) is 0 Å². The van der Waals surface area contributed by atoms with Gasteiger partial charge in [0, 0.05) is 23.9 Å². The molecule has 0 bridgehead atoms. The van der Waals surface area contributed by atoms with E-state index in [1.165, 1.54) is 0 Å². The zero-order chi connectivity index (χ0) is 14.4. The number of amides is 1. The second kappa shape index (κ2) is 6.61. The molecule has 0 aliphatic rings. The lowest BCUT2D eigenvalue weighted by molar-refractivity contribution is -0.115. The quantitative estimate of drug-likeness (QED) is 0.869. The average Bonchev–Trinajstić information content (AvgIpc) is 2.49. The van der Waals surface area contributed by atoms with Gasteiger partial charge < -0.3 is 15.4 Å². The lowest BCUT2D eigenvalue weighted by Crippen LogP contribution is -2.10. The third-order valence-corrected chi connectivity index (χ3v) is 2.86. The summed E-state index contributed by atoms with van der Waals surface area (Å²) in [5, 5.41) is 6.09. The van der Waals surface area contributed by atoms with E-state index in [9.17, 15) is 4.79 Å². The minimum absolute atomic E-state index is 0.0351. The van der Waals surface area contributed by atoms with Crippen LogP contribution in [0.1, 0.15) is 13.3 Å². The SMILES string of the molecule is CCC(=O)Nc1ccc(Nc2ccccc2)cc1OC. The van der Waals surface area contributed by atoms with E-state index in [2.05, 4.69) is 10.6 Å². The van der Waals surface area contributed by atoms with Gasteiger partial charge in [0.15, 0.2) is 0 Å². The number of methoxy groups -OCH3 is 1. The number of ether oxygens (including phenoxy) is 1. The fourth-order valence-electron chi connectivity index (χ4n) is 1.80. The Kier molecular flexibility index (Phi) is 4.60. The van der Waals surface area contributed by atoms with Crippen LogP contribution in [0.4, 0.5) is 17.1 Å². The molecule has 4 heteroatoms. The van der Waals surface area contributed by atoms with Crippen LogP contribution >= 0.6 is 0 Å². The third kappa shape index (κ3) is 3.51. The monoisotopic (exact) mass is 270 g/mol. The molecule has 2 N–H and O–H groups in total. The van der Waals surface area contributed by atoms with Crippen LogP contribution in [-0.4, -0.2) is 13.0 Å². The maximum Gasteiger partial charge on any atom is 0.224 e. The smallest absolute Gasteiger partial charge is 0.224 e. The minimum atomic E-state index is -0.0351. The summed E-state index contributed by atoms with van der Waals surface area (Å²) in [7, 11) is 1.59. The third-order valence-electron chi connectivity index (χ3n) is 2.86. The van der Waals surface area contributed by atoms with E-state index in [0.717, 1.165) is 11.4 Å². The second-order valence-corrected chi connectivity index (χ2v) is 4.31. The van der Waals surface area contributed by atoms with Crippen LogP contribution in [0.2, 0.25) is 0 Å². The fraction of sp³-hybridized carbons (Fsp3) is 0.188. The van der Waals surface area contributed by atoms with E-state index in [0.29, 0.717) is 17.9 Å². The predicted octanol–water partition coefficient (Wildman–Crippen LogP) is 3.79. The van der Waals surface area contributed by atoms with E-state index in [-0.39, 0.29) is 5.91 Å². The first-order chi connectivity index (χ1) is 9.72. The molecule has 0 aromatic heterocycles. The number of hydrogen-bond donors (Lipinski definition) is 2. The van der Waals surface area contributed by atoms with E-state index in [1.54, 1.807) is 7.11 Å². The Morgan fingerprint density at radius 3 is 2.50 bits per heavy atom. The van der Waals surface area contributed by atoms with Gasteiger partial charge in [-0.25, -0.2) is 0 Å². The Labute approximate surface area is 118 Å². The summed E-state index contributed by atoms with van der Waals surface area (Å²) in [5.41, 5.74) is 2.58. The van der Waals surface area contributed by atoms with Crippen molar-refractivity contribution in [3.63, 3.8) is 0 Å². The van der Waals surface area contributed by atoms with Crippen molar-refractivity contribution in [1.82, 2.24) is 0 Å². The van der Waals surface area contributed by atoms with Gasteiger partial charge in [0.25, 0.3) is 0 Å². The first-order valence-electron chi connectivity index (χ1n) is 6.53. The van der Waals surface area contributed by atoms with Crippen molar-refractivity contribution in [2.75, 3.05) is 17.7 Å². The molecule has 1 amide bonds. The van der Waals surface area contributed by atoms with Crippen molar-refractivity contribution < 1.29 is 9.53 Å². The Morgan fingerprint density at radius 1 is 1.10 bits per heavy atom. The van der Waals surface area contributed by atoms with E-state index >= 15 is 0 Å². The molecule has 20 heavy (non-hydrogen) atoms. The molecule has 0 spiro atoms. The first-order valence-corrected chi connectivity index (χ1v) is 6.53. The molecular formula is C16H18N2O2. The van der Waals surface area contributed by atoms with Crippen molar-refractivity contribution in [3.05, 3.63) is 48.5 Å². The summed E-state index contributed by atoms with van der Waals surface area (Å²) in [6.45, 7) is 1.81. The molecule has 4 nitrogen and oxygen atoms in total. The summed E-state index contributed by atoms with van der Waals surface area (Å²) >= 11 is 0. The Bertz CT molecular complexity index is 582. The van der Waals surface area contributed by atoms with Crippen LogP contribution in [0.5, 0.6) is 5.75 Å². The lowest BCUT2D eigenvalue weighted by Gasteiger charge is -2.12. The topological polar surface area (TPSA) is 50.4 Å². The van der Waals surface area contributed by atoms with Crippen LogP contribution < -0.4 is 15.4 Å². The van der Waals surface area contributed by atoms with Gasteiger partial charge in [0.05, 0.1) is 12.8 Å². The van der Waals surface area contributed by atoms with Crippen molar-refractivity contribution >= 4 is 23.0 Å². The number of nitrogens with one attached hydrogen (secondary N) is 2. The standard InChI is InChI=1S/C16H18N2O2/c1-3-16(19)18-14-10-9-13(11-15(14)20-2)17-12-7-5-4-6-8-12/h4-11,17H,3H2,1-2H3,(H,18,19).